The number of hydrogen-bond donors (Lipinski definition) is 0. The summed E-state index contributed by atoms with van der Waals surface area (Å²) in [5.74, 6) is -1.50. The molecule has 1 aromatic rings. The summed E-state index contributed by atoms with van der Waals surface area (Å²) >= 11 is 3.06. The largest absolute Gasteiger partial charge is 0.274 e. The van der Waals surface area contributed by atoms with Gasteiger partial charge in [-0.1, -0.05) is 34.1 Å². The van der Waals surface area contributed by atoms with Crippen molar-refractivity contribution in [2.45, 2.75) is 11.2 Å². The van der Waals surface area contributed by atoms with Gasteiger partial charge in [0, 0.05) is 12.0 Å². The summed E-state index contributed by atoms with van der Waals surface area (Å²) in [6.07, 6.45) is 0.0391. The van der Waals surface area contributed by atoms with Crippen molar-refractivity contribution in [1.82, 2.24) is 4.90 Å². The lowest BCUT2D eigenvalue weighted by molar-refractivity contribution is -0.134. The minimum absolute atomic E-state index is 0.0391. The first-order chi connectivity index (χ1) is 7.61. The van der Waals surface area contributed by atoms with Crippen LogP contribution in [0.25, 0.3) is 0 Å². The molecule has 1 fully saturated rings. The normalized spacial score (nSPS) is 20.3. The second-order valence-electron chi connectivity index (χ2n) is 3.41. The summed E-state index contributed by atoms with van der Waals surface area (Å²) in [5, 5.41) is 0. The highest BCUT2D eigenvalue weighted by Gasteiger charge is 2.41. The number of benzene rings is 1. The van der Waals surface area contributed by atoms with Gasteiger partial charge >= 0.3 is 0 Å². The van der Waals surface area contributed by atoms with Crippen LogP contribution in [0, 0.1) is 0 Å². The number of hydrogen-bond acceptors (Lipinski definition) is 3. The van der Waals surface area contributed by atoms with E-state index in [1.165, 1.54) is 0 Å². The van der Waals surface area contributed by atoms with Crippen LogP contribution in [0.1, 0.15) is 16.8 Å². The number of alkyl halides is 1. The molecule has 1 atom stereocenters. The number of carbonyl (C=O) groups is 3. The third-order valence-electron chi connectivity index (χ3n) is 2.32. The van der Waals surface area contributed by atoms with Crippen molar-refractivity contribution >= 4 is 33.7 Å². The molecule has 2 rings (SSSR count). The smallest absolute Gasteiger partial charge is 0.267 e. The fourth-order valence-corrected chi connectivity index (χ4v) is 2.00. The van der Waals surface area contributed by atoms with Crippen LogP contribution in [-0.2, 0) is 9.59 Å². The van der Waals surface area contributed by atoms with E-state index in [0.29, 0.717) is 10.5 Å². The molecule has 1 aliphatic rings. The quantitative estimate of drug-likeness (QED) is 0.577. The SMILES string of the molecule is O=C1CC(Br)C(=O)N1C(=O)c1ccccc1. The maximum atomic E-state index is 11.9. The third kappa shape index (κ3) is 1.78. The van der Waals surface area contributed by atoms with Crippen LogP contribution in [0.5, 0.6) is 0 Å². The Labute approximate surface area is 100 Å². The molecule has 1 heterocycles. The molecule has 1 saturated heterocycles. The predicted octanol–water partition coefficient (Wildman–Crippen LogP) is 1.35. The first kappa shape index (κ1) is 11.0. The van der Waals surface area contributed by atoms with Crippen molar-refractivity contribution in [3.05, 3.63) is 35.9 Å². The topological polar surface area (TPSA) is 54.5 Å². The minimum atomic E-state index is -0.576. The van der Waals surface area contributed by atoms with E-state index < -0.39 is 22.5 Å². The third-order valence-corrected chi connectivity index (χ3v) is 3.03. The maximum Gasteiger partial charge on any atom is 0.267 e. The Balaban J connectivity index is 2.30. The molecule has 1 aromatic carbocycles. The molecule has 1 aliphatic heterocycles. The van der Waals surface area contributed by atoms with Crippen LogP contribution >= 0.6 is 15.9 Å². The van der Waals surface area contributed by atoms with Crippen LogP contribution in [0.3, 0.4) is 0 Å². The van der Waals surface area contributed by atoms with E-state index >= 15 is 0 Å². The van der Waals surface area contributed by atoms with Crippen molar-refractivity contribution in [1.29, 1.82) is 0 Å². The van der Waals surface area contributed by atoms with Gasteiger partial charge in [-0.3, -0.25) is 14.4 Å². The van der Waals surface area contributed by atoms with E-state index in [1.54, 1.807) is 30.3 Å². The zero-order valence-electron chi connectivity index (χ0n) is 8.22. The second kappa shape index (κ2) is 4.17. The highest BCUT2D eigenvalue weighted by Crippen LogP contribution is 2.21. The molecule has 82 valence electrons. The Morgan fingerprint density at radius 1 is 1.25 bits per heavy atom. The van der Waals surface area contributed by atoms with Gasteiger partial charge in [0.15, 0.2) is 0 Å². The van der Waals surface area contributed by atoms with Crippen LogP contribution in [0.15, 0.2) is 30.3 Å². The molecule has 16 heavy (non-hydrogen) atoms. The lowest BCUT2D eigenvalue weighted by atomic mass is 10.2. The molecule has 5 heteroatoms. The van der Waals surface area contributed by atoms with Gasteiger partial charge in [-0.25, -0.2) is 4.90 Å². The molecule has 4 nitrogen and oxygen atoms in total. The fraction of sp³-hybridized carbons (Fsp3) is 0.182. The van der Waals surface area contributed by atoms with Crippen LogP contribution < -0.4 is 0 Å². The van der Waals surface area contributed by atoms with Crippen molar-refractivity contribution in [2.24, 2.45) is 0 Å². The molecule has 0 aromatic heterocycles. The lowest BCUT2D eigenvalue weighted by Gasteiger charge is -2.11. The zero-order valence-corrected chi connectivity index (χ0v) is 9.81. The van der Waals surface area contributed by atoms with Crippen LogP contribution in [0.2, 0.25) is 0 Å². The standard InChI is InChI=1S/C11H8BrNO3/c12-8-6-9(14)13(11(8)16)10(15)7-4-2-1-3-5-7/h1-5,8H,6H2. The highest BCUT2D eigenvalue weighted by molar-refractivity contribution is 9.10. The molecular weight excluding hydrogens is 274 g/mol. The van der Waals surface area contributed by atoms with E-state index in [-0.39, 0.29) is 6.42 Å². The molecule has 3 amide bonds. The summed E-state index contributed by atoms with van der Waals surface area (Å²) in [4.78, 5) is 35.0. The van der Waals surface area contributed by atoms with Gasteiger partial charge in [0.25, 0.3) is 11.8 Å². The maximum absolute atomic E-state index is 11.9. The summed E-state index contributed by atoms with van der Waals surface area (Å²) in [7, 11) is 0. The van der Waals surface area contributed by atoms with E-state index in [4.69, 9.17) is 0 Å². The number of halogens is 1. The Morgan fingerprint density at radius 3 is 2.38 bits per heavy atom. The average molecular weight is 282 g/mol. The van der Waals surface area contributed by atoms with E-state index in [1.807, 2.05) is 0 Å². The van der Waals surface area contributed by atoms with Gasteiger partial charge in [0.05, 0.1) is 0 Å². The van der Waals surface area contributed by atoms with Gasteiger partial charge in [-0.15, -0.1) is 0 Å². The first-order valence-corrected chi connectivity index (χ1v) is 5.63. The summed E-state index contributed by atoms with van der Waals surface area (Å²) in [6, 6.07) is 8.28. The van der Waals surface area contributed by atoms with Gasteiger partial charge in [-0.2, -0.15) is 0 Å². The molecule has 0 radical (unpaired) electrons. The number of imide groups is 3. The Kier molecular flexibility index (Phi) is 2.87. The molecule has 0 aliphatic carbocycles. The van der Waals surface area contributed by atoms with E-state index in [9.17, 15) is 14.4 Å². The number of carbonyl (C=O) groups excluding carboxylic acids is 3. The summed E-state index contributed by atoms with van der Waals surface area (Å²) in [5.41, 5.74) is 0.339. The molecule has 0 bridgehead atoms. The van der Waals surface area contributed by atoms with Crippen LogP contribution in [0.4, 0.5) is 0 Å². The van der Waals surface area contributed by atoms with Crippen molar-refractivity contribution in [2.75, 3.05) is 0 Å². The van der Waals surface area contributed by atoms with Crippen molar-refractivity contribution in [3.63, 3.8) is 0 Å². The first-order valence-electron chi connectivity index (χ1n) is 4.71. The number of rotatable bonds is 1. The molecule has 0 spiro atoms. The lowest BCUT2D eigenvalue weighted by Crippen LogP contribution is -2.36. The summed E-state index contributed by atoms with van der Waals surface area (Å²) < 4.78 is 0. The highest BCUT2D eigenvalue weighted by atomic mass is 79.9. The average Bonchev–Trinajstić information content (AvgIpc) is 2.54. The van der Waals surface area contributed by atoms with E-state index in [0.717, 1.165) is 0 Å². The molecule has 0 N–H and O–H groups in total. The Bertz CT molecular complexity index is 458. The Hall–Kier alpha value is -1.49. The number of likely N-dealkylation sites (tertiary alicyclic amines) is 1. The van der Waals surface area contributed by atoms with E-state index in [2.05, 4.69) is 15.9 Å². The van der Waals surface area contributed by atoms with Crippen LogP contribution in [-0.4, -0.2) is 27.4 Å². The summed E-state index contributed by atoms with van der Waals surface area (Å²) in [6.45, 7) is 0. The molecular formula is C11H8BrNO3. The minimum Gasteiger partial charge on any atom is -0.274 e. The molecule has 1 unspecified atom stereocenters. The van der Waals surface area contributed by atoms with Gasteiger partial charge < -0.3 is 0 Å². The van der Waals surface area contributed by atoms with Crippen molar-refractivity contribution < 1.29 is 14.4 Å². The Morgan fingerprint density at radius 2 is 1.88 bits per heavy atom. The van der Waals surface area contributed by atoms with Crippen molar-refractivity contribution in [3.8, 4) is 0 Å². The number of amides is 3. The zero-order chi connectivity index (χ0) is 11.7. The monoisotopic (exact) mass is 281 g/mol. The van der Waals surface area contributed by atoms with Gasteiger partial charge in [-0.05, 0) is 12.1 Å². The second-order valence-corrected chi connectivity index (χ2v) is 4.52. The fourth-order valence-electron chi connectivity index (χ4n) is 1.52. The van der Waals surface area contributed by atoms with Gasteiger partial charge in [0.1, 0.15) is 4.83 Å². The number of nitrogens with zero attached hydrogens (tertiary/aromatic N) is 1. The molecule has 0 saturated carbocycles. The predicted molar refractivity (Wildman–Crippen MR) is 60.0 cm³/mol. The van der Waals surface area contributed by atoms with Gasteiger partial charge in [0.2, 0.25) is 5.91 Å².